The van der Waals surface area contributed by atoms with Gasteiger partial charge in [0.15, 0.2) is 15.7 Å². The third-order valence-corrected chi connectivity index (χ3v) is 4.61. The Kier molecular flexibility index (Phi) is 2.65. The lowest BCUT2D eigenvalue weighted by atomic mass is 10.1. The summed E-state index contributed by atoms with van der Waals surface area (Å²) in [7, 11) is -2.91. The molecule has 1 aromatic heterocycles. The predicted molar refractivity (Wildman–Crippen MR) is 60.8 cm³/mol. The Balaban J connectivity index is 2.35. The van der Waals surface area contributed by atoms with Gasteiger partial charge in [-0.25, -0.2) is 13.1 Å². The third-order valence-electron chi connectivity index (χ3n) is 2.86. The van der Waals surface area contributed by atoms with Crippen LogP contribution in [0.3, 0.4) is 0 Å². The molecule has 16 heavy (non-hydrogen) atoms. The zero-order chi connectivity index (χ0) is 11.9. The van der Waals surface area contributed by atoms with Crippen LogP contribution in [0, 0.1) is 0 Å². The van der Waals surface area contributed by atoms with Crippen LogP contribution in [-0.2, 0) is 9.84 Å². The van der Waals surface area contributed by atoms with Crippen molar-refractivity contribution < 1.29 is 8.42 Å². The van der Waals surface area contributed by atoms with Gasteiger partial charge in [-0.2, -0.15) is 0 Å². The van der Waals surface area contributed by atoms with Crippen molar-refractivity contribution >= 4 is 15.7 Å². The van der Waals surface area contributed by atoms with Crippen LogP contribution >= 0.6 is 0 Å². The molecule has 1 unspecified atom stereocenters. The molecule has 0 radical (unpaired) electrons. The second kappa shape index (κ2) is 3.73. The van der Waals surface area contributed by atoms with Crippen molar-refractivity contribution in [3.8, 4) is 0 Å². The topological polar surface area (TPSA) is 90.9 Å². The van der Waals surface area contributed by atoms with Gasteiger partial charge in [-0.05, 0) is 12.3 Å². The summed E-state index contributed by atoms with van der Waals surface area (Å²) in [5.41, 5.74) is 6.57. The van der Waals surface area contributed by atoms with Gasteiger partial charge in [0, 0.05) is 0 Å². The summed E-state index contributed by atoms with van der Waals surface area (Å²) >= 11 is 0. The molecule has 1 aromatic rings. The predicted octanol–water partition coefficient (Wildman–Crippen LogP) is 0.343. The molecule has 6 nitrogen and oxygen atoms in total. The number of anilines is 1. The van der Waals surface area contributed by atoms with E-state index < -0.39 is 9.84 Å². The number of hydrogen-bond donors (Lipinski definition) is 1. The Morgan fingerprint density at radius 2 is 2.19 bits per heavy atom. The minimum Gasteiger partial charge on any atom is -0.381 e. The van der Waals surface area contributed by atoms with Crippen LogP contribution in [0.15, 0.2) is 0 Å². The molecule has 7 heteroatoms. The van der Waals surface area contributed by atoms with E-state index in [1.807, 2.05) is 13.8 Å². The van der Waals surface area contributed by atoms with E-state index in [0.717, 1.165) is 5.69 Å². The molecule has 0 aromatic carbocycles. The van der Waals surface area contributed by atoms with E-state index in [1.165, 1.54) is 0 Å². The van der Waals surface area contributed by atoms with Crippen LogP contribution in [0.4, 0.5) is 5.82 Å². The fourth-order valence-corrected chi connectivity index (χ4v) is 3.80. The molecule has 0 bridgehead atoms. The summed E-state index contributed by atoms with van der Waals surface area (Å²) in [6, 6.07) is -0.104. The van der Waals surface area contributed by atoms with E-state index in [4.69, 9.17) is 5.73 Å². The Labute approximate surface area is 94.7 Å². The number of aromatic nitrogens is 3. The van der Waals surface area contributed by atoms with Crippen LogP contribution in [0.2, 0.25) is 0 Å². The zero-order valence-electron chi connectivity index (χ0n) is 9.42. The number of nitrogen functional groups attached to an aromatic ring is 1. The average Bonchev–Trinajstić information content (AvgIpc) is 2.68. The van der Waals surface area contributed by atoms with E-state index in [1.54, 1.807) is 4.68 Å². The maximum absolute atomic E-state index is 11.4. The van der Waals surface area contributed by atoms with Crippen molar-refractivity contribution in [3.63, 3.8) is 0 Å². The highest BCUT2D eigenvalue weighted by atomic mass is 32.2. The Bertz CT molecular complexity index is 492. The highest BCUT2D eigenvalue weighted by Gasteiger charge is 2.32. The van der Waals surface area contributed by atoms with E-state index >= 15 is 0 Å². The van der Waals surface area contributed by atoms with Crippen LogP contribution in [0.5, 0.6) is 0 Å². The van der Waals surface area contributed by atoms with E-state index in [9.17, 15) is 8.42 Å². The highest BCUT2D eigenvalue weighted by molar-refractivity contribution is 7.91. The van der Waals surface area contributed by atoms with Crippen LogP contribution < -0.4 is 5.73 Å². The standard InChI is InChI=1S/C9H16N4O2S/c1-6(2)8-9(10)11-12-13(8)7-3-4-16(14,15)5-7/h6-7H,3-5,10H2,1-2H3. The average molecular weight is 244 g/mol. The van der Waals surface area contributed by atoms with Crippen LogP contribution in [0.25, 0.3) is 0 Å². The lowest BCUT2D eigenvalue weighted by Gasteiger charge is -2.14. The van der Waals surface area contributed by atoms with Crippen LogP contribution in [-0.4, -0.2) is 34.9 Å². The number of nitrogens with zero attached hydrogens (tertiary/aromatic N) is 3. The number of hydrogen-bond acceptors (Lipinski definition) is 5. The second-order valence-electron chi connectivity index (χ2n) is 4.52. The van der Waals surface area contributed by atoms with Crippen molar-refractivity contribution in [1.29, 1.82) is 0 Å². The molecule has 1 fully saturated rings. The fourth-order valence-electron chi connectivity index (χ4n) is 2.11. The first kappa shape index (κ1) is 11.4. The first-order chi connectivity index (χ1) is 7.41. The first-order valence-electron chi connectivity index (χ1n) is 5.31. The molecule has 1 aliphatic heterocycles. The summed E-state index contributed by atoms with van der Waals surface area (Å²) in [6.07, 6.45) is 0.602. The Morgan fingerprint density at radius 1 is 1.50 bits per heavy atom. The molecule has 0 amide bonds. The molecule has 90 valence electrons. The lowest BCUT2D eigenvalue weighted by Crippen LogP contribution is -2.16. The quantitative estimate of drug-likeness (QED) is 0.810. The molecule has 0 aliphatic carbocycles. The largest absolute Gasteiger partial charge is 0.381 e. The lowest BCUT2D eigenvalue weighted by molar-refractivity contribution is 0.459. The summed E-state index contributed by atoms with van der Waals surface area (Å²) in [5.74, 6) is 0.974. The summed E-state index contributed by atoms with van der Waals surface area (Å²) in [6.45, 7) is 3.99. The molecular weight excluding hydrogens is 228 g/mol. The summed E-state index contributed by atoms with van der Waals surface area (Å²) < 4.78 is 24.5. The van der Waals surface area contributed by atoms with Crippen molar-refractivity contribution in [2.45, 2.75) is 32.2 Å². The fraction of sp³-hybridized carbons (Fsp3) is 0.778. The van der Waals surface area contributed by atoms with Gasteiger partial charge in [-0.15, -0.1) is 5.10 Å². The van der Waals surface area contributed by atoms with Gasteiger partial charge >= 0.3 is 0 Å². The van der Waals surface area contributed by atoms with Gasteiger partial charge in [0.2, 0.25) is 0 Å². The molecule has 0 spiro atoms. The number of sulfone groups is 1. The number of nitrogens with two attached hydrogens (primary N) is 1. The maximum Gasteiger partial charge on any atom is 0.169 e. The summed E-state index contributed by atoms with van der Waals surface area (Å²) in [5, 5.41) is 7.79. The molecule has 2 rings (SSSR count). The van der Waals surface area contributed by atoms with Crippen molar-refractivity contribution in [1.82, 2.24) is 15.0 Å². The first-order valence-corrected chi connectivity index (χ1v) is 7.14. The van der Waals surface area contributed by atoms with E-state index in [0.29, 0.717) is 12.2 Å². The normalized spacial score (nSPS) is 24.1. The van der Waals surface area contributed by atoms with Gasteiger partial charge in [0.25, 0.3) is 0 Å². The smallest absolute Gasteiger partial charge is 0.169 e. The van der Waals surface area contributed by atoms with Gasteiger partial charge in [0.1, 0.15) is 0 Å². The monoisotopic (exact) mass is 244 g/mol. The zero-order valence-corrected chi connectivity index (χ0v) is 10.2. The maximum atomic E-state index is 11.4. The van der Waals surface area contributed by atoms with Crippen molar-refractivity contribution in [3.05, 3.63) is 5.69 Å². The highest BCUT2D eigenvalue weighted by Crippen LogP contribution is 2.28. The molecule has 0 saturated carbocycles. The molecule has 2 heterocycles. The molecule has 1 atom stereocenters. The minimum atomic E-state index is -2.91. The van der Waals surface area contributed by atoms with E-state index in [-0.39, 0.29) is 23.5 Å². The summed E-state index contributed by atoms with van der Waals surface area (Å²) in [4.78, 5) is 0. The minimum absolute atomic E-state index is 0.104. The Morgan fingerprint density at radius 3 is 2.69 bits per heavy atom. The number of rotatable bonds is 2. The van der Waals surface area contributed by atoms with Gasteiger partial charge in [-0.1, -0.05) is 19.1 Å². The van der Waals surface area contributed by atoms with Gasteiger partial charge in [-0.3, -0.25) is 0 Å². The van der Waals surface area contributed by atoms with Crippen molar-refractivity contribution in [2.75, 3.05) is 17.2 Å². The SMILES string of the molecule is CC(C)c1c(N)nnn1C1CCS(=O)(=O)C1. The third kappa shape index (κ3) is 1.91. The van der Waals surface area contributed by atoms with Crippen LogP contribution in [0.1, 0.15) is 37.9 Å². The molecule has 2 N–H and O–H groups in total. The van der Waals surface area contributed by atoms with Gasteiger partial charge < -0.3 is 5.73 Å². The molecular formula is C9H16N4O2S. The Hall–Kier alpha value is -1.11. The molecule has 1 aliphatic rings. The molecule has 1 saturated heterocycles. The second-order valence-corrected chi connectivity index (χ2v) is 6.74. The van der Waals surface area contributed by atoms with Crippen molar-refractivity contribution in [2.24, 2.45) is 0 Å². The van der Waals surface area contributed by atoms with Gasteiger partial charge in [0.05, 0.1) is 23.2 Å². The van der Waals surface area contributed by atoms with E-state index in [2.05, 4.69) is 10.3 Å².